The summed E-state index contributed by atoms with van der Waals surface area (Å²) >= 11 is 11.7. The van der Waals surface area contributed by atoms with Crippen LogP contribution in [0.4, 0.5) is 5.82 Å². The lowest BCUT2D eigenvalue weighted by Crippen LogP contribution is -2.16. The summed E-state index contributed by atoms with van der Waals surface area (Å²) in [6.45, 7) is 1.16. The second-order valence-corrected chi connectivity index (χ2v) is 5.44. The van der Waals surface area contributed by atoms with Gasteiger partial charge in [-0.05, 0) is 25.1 Å². The summed E-state index contributed by atoms with van der Waals surface area (Å²) in [7, 11) is 1.61. The predicted octanol–water partition coefficient (Wildman–Crippen LogP) is 2.66. The number of carbonyl (C=O) groups excluding carboxylic acids is 2. The number of Topliss-reactive ketones (excluding diaryl/α,β-unsaturated/α-hetero) is 1. The van der Waals surface area contributed by atoms with E-state index < -0.39 is 18.4 Å². The Balaban J connectivity index is 2.11. The van der Waals surface area contributed by atoms with Gasteiger partial charge < -0.3 is 10.5 Å². The van der Waals surface area contributed by atoms with E-state index in [1.54, 1.807) is 20.0 Å². The molecular weight excluding hydrogens is 329 g/mol. The number of hydrogen-bond acceptors (Lipinski definition) is 5. The number of hydrogen-bond donors (Lipinski definition) is 1. The number of aryl methyl sites for hydroxylation is 2. The molecule has 0 unspecified atom stereocenters. The molecule has 0 fully saturated rings. The minimum Gasteiger partial charge on any atom is -0.454 e. The highest BCUT2D eigenvalue weighted by Gasteiger charge is 2.21. The van der Waals surface area contributed by atoms with E-state index in [2.05, 4.69) is 5.10 Å². The lowest BCUT2D eigenvalue weighted by molar-refractivity contribution is 0.0475. The number of nitrogens with two attached hydrogens (primary N) is 1. The smallest absolute Gasteiger partial charge is 0.344 e. The van der Waals surface area contributed by atoms with Crippen LogP contribution in [0.25, 0.3) is 0 Å². The number of nitrogens with zero attached hydrogens (tertiary/aromatic N) is 2. The van der Waals surface area contributed by atoms with Gasteiger partial charge in [0, 0.05) is 17.6 Å². The third-order valence-corrected chi connectivity index (χ3v) is 3.60. The van der Waals surface area contributed by atoms with Gasteiger partial charge in [-0.3, -0.25) is 9.48 Å². The number of ketones is 1. The first-order valence-corrected chi connectivity index (χ1v) is 7.01. The van der Waals surface area contributed by atoms with Crippen molar-refractivity contribution in [2.24, 2.45) is 7.05 Å². The van der Waals surface area contributed by atoms with Crippen molar-refractivity contribution < 1.29 is 14.3 Å². The Morgan fingerprint density at radius 3 is 2.64 bits per heavy atom. The van der Waals surface area contributed by atoms with E-state index in [1.807, 2.05) is 0 Å². The summed E-state index contributed by atoms with van der Waals surface area (Å²) in [4.78, 5) is 24.1. The minimum absolute atomic E-state index is 0.146. The van der Waals surface area contributed by atoms with E-state index in [9.17, 15) is 9.59 Å². The zero-order valence-electron chi connectivity index (χ0n) is 11.9. The number of aromatic nitrogens is 2. The zero-order valence-corrected chi connectivity index (χ0v) is 13.4. The predicted molar refractivity (Wildman–Crippen MR) is 83.4 cm³/mol. The van der Waals surface area contributed by atoms with Gasteiger partial charge in [0.25, 0.3) is 0 Å². The number of halogens is 2. The van der Waals surface area contributed by atoms with Crippen molar-refractivity contribution in [2.75, 3.05) is 12.3 Å². The molecule has 2 N–H and O–H groups in total. The van der Waals surface area contributed by atoms with Gasteiger partial charge in [0.1, 0.15) is 11.4 Å². The molecule has 1 heterocycles. The Morgan fingerprint density at radius 2 is 2.05 bits per heavy atom. The number of anilines is 1. The van der Waals surface area contributed by atoms with Crippen molar-refractivity contribution in [3.05, 3.63) is 45.1 Å². The highest BCUT2D eigenvalue weighted by Crippen LogP contribution is 2.22. The Hall–Kier alpha value is -2.05. The normalized spacial score (nSPS) is 10.5. The number of esters is 1. The molecule has 0 spiro atoms. The van der Waals surface area contributed by atoms with E-state index in [0.717, 1.165) is 0 Å². The van der Waals surface area contributed by atoms with E-state index in [0.29, 0.717) is 10.7 Å². The van der Waals surface area contributed by atoms with Crippen molar-refractivity contribution in [3.63, 3.8) is 0 Å². The fourth-order valence-electron chi connectivity index (χ4n) is 1.92. The van der Waals surface area contributed by atoms with Crippen molar-refractivity contribution in [2.45, 2.75) is 6.92 Å². The minimum atomic E-state index is -0.713. The first kappa shape index (κ1) is 16.3. The highest BCUT2D eigenvalue weighted by molar-refractivity contribution is 6.36. The molecule has 0 aliphatic carbocycles. The lowest BCUT2D eigenvalue weighted by atomic mass is 10.1. The molecular formula is C14H13Cl2N3O3. The van der Waals surface area contributed by atoms with Crippen LogP contribution in [0.3, 0.4) is 0 Å². The van der Waals surface area contributed by atoms with Gasteiger partial charge in [-0.2, -0.15) is 5.10 Å². The maximum atomic E-state index is 12.1. The molecule has 0 bridgehead atoms. The van der Waals surface area contributed by atoms with Gasteiger partial charge >= 0.3 is 5.97 Å². The molecule has 116 valence electrons. The van der Waals surface area contributed by atoms with Gasteiger partial charge in [0.15, 0.2) is 6.61 Å². The van der Waals surface area contributed by atoms with Crippen LogP contribution in [0.2, 0.25) is 10.0 Å². The number of rotatable bonds is 4. The Labute approximate surface area is 136 Å². The molecule has 0 aliphatic rings. The maximum absolute atomic E-state index is 12.1. The van der Waals surface area contributed by atoms with E-state index >= 15 is 0 Å². The summed E-state index contributed by atoms with van der Waals surface area (Å²) in [6.07, 6.45) is 0. The van der Waals surface area contributed by atoms with E-state index in [-0.39, 0.29) is 22.0 Å². The largest absolute Gasteiger partial charge is 0.454 e. The molecule has 0 saturated carbocycles. The van der Waals surface area contributed by atoms with Crippen LogP contribution in [0, 0.1) is 6.92 Å². The molecule has 1 aromatic heterocycles. The van der Waals surface area contributed by atoms with Crippen molar-refractivity contribution in [1.29, 1.82) is 0 Å². The first-order chi connectivity index (χ1) is 10.3. The molecule has 6 nitrogen and oxygen atoms in total. The van der Waals surface area contributed by atoms with Crippen LogP contribution < -0.4 is 5.73 Å². The van der Waals surface area contributed by atoms with Crippen molar-refractivity contribution in [3.8, 4) is 0 Å². The molecule has 0 saturated heterocycles. The third-order valence-electron chi connectivity index (χ3n) is 3.03. The average Bonchev–Trinajstić information content (AvgIpc) is 2.72. The summed E-state index contributed by atoms with van der Waals surface area (Å²) < 4.78 is 6.35. The quantitative estimate of drug-likeness (QED) is 0.682. The Bertz CT molecular complexity index is 756. The lowest BCUT2D eigenvalue weighted by Gasteiger charge is -2.06. The monoisotopic (exact) mass is 341 g/mol. The average molecular weight is 342 g/mol. The summed E-state index contributed by atoms with van der Waals surface area (Å²) in [5.41, 5.74) is 6.51. The standard InChI is InChI=1S/C14H13Cl2N3O3/c1-7-12(13(17)19(2)18-7)14(21)22-6-11(20)9-5-8(15)3-4-10(9)16/h3-5H,6,17H2,1-2H3. The second kappa shape index (κ2) is 6.37. The molecule has 1 aromatic carbocycles. The van der Waals surface area contributed by atoms with Crippen molar-refractivity contribution in [1.82, 2.24) is 9.78 Å². The first-order valence-electron chi connectivity index (χ1n) is 6.25. The van der Waals surface area contributed by atoms with Crippen molar-refractivity contribution >= 4 is 40.8 Å². The molecule has 0 amide bonds. The van der Waals surface area contributed by atoms with Crippen LogP contribution in [0.5, 0.6) is 0 Å². The third kappa shape index (κ3) is 3.23. The Morgan fingerprint density at radius 1 is 1.36 bits per heavy atom. The zero-order chi connectivity index (χ0) is 16.4. The fourth-order valence-corrected chi connectivity index (χ4v) is 2.32. The topological polar surface area (TPSA) is 87.2 Å². The van der Waals surface area contributed by atoms with Gasteiger partial charge in [-0.25, -0.2) is 4.79 Å². The molecule has 2 aromatic rings. The van der Waals surface area contributed by atoms with Gasteiger partial charge in [-0.15, -0.1) is 0 Å². The molecule has 0 aliphatic heterocycles. The summed E-state index contributed by atoms with van der Waals surface area (Å²) in [6, 6.07) is 4.48. The number of ether oxygens (including phenoxy) is 1. The van der Waals surface area contributed by atoms with Gasteiger partial charge in [0.2, 0.25) is 5.78 Å². The number of nitrogen functional groups attached to an aromatic ring is 1. The van der Waals surface area contributed by atoms with Crippen LogP contribution in [0.1, 0.15) is 26.4 Å². The van der Waals surface area contributed by atoms with Crippen LogP contribution in [0.15, 0.2) is 18.2 Å². The van der Waals surface area contributed by atoms with Gasteiger partial charge in [-0.1, -0.05) is 23.2 Å². The fraction of sp³-hybridized carbons (Fsp3) is 0.214. The second-order valence-electron chi connectivity index (χ2n) is 4.59. The molecule has 8 heteroatoms. The van der Waals surface area contributed by atoms with Gasteiger partial charge in [0.05, 0.1) is 10.7 Å². The van der Waals surface area contributed by atoms with Crippen LogP contribution in [-0.4, -0.2) is 28.1 Å². The molecule has 0 atom stereocenters. The number of carbonyl (C=O) groups is 2. The Kier molecular flexibility index (Phi) is 4.73. The van der Waals surface area contributed by atoms with E-state index in [1.165, 1.54) is 16.8 Å². The molecule has 0 radical (unpaired) electrons. The summed E-state index contributed by atoms with van der Waals surface area (Å²) in [5, 5.41) is 4.62. The molecule has 22 heavy (non-hydrogen) atoms. The SMILES string of the molecule is Cc1nn(C)c(N)c1C(=O)OCC(=O)c1cc(Cl)ccc1Cl. The van der Waals surface area contributed by atoms with Crippen LogP contribution in [-0.2, 0) is 11.8 Å². The highest BCUT2D eigenvalue weighted by atomic mass is 35.5. The summed E-state index contributed by atoms with van der Waals surface area (Å²) in [5.74, 6) is -0.994. The number of benzene rings is 1. The van der Waals surface area contributed by atoms with Crippen LogP contribution >= 0.6 is 23.2 Å². The molecule has 2 rings (SSSR count). The maximum Gasteiger partial charge on any atom is 0.344 e. The van der Waals surface area contributed by atoms with E-state index in [4.69, 9.17) is 33.7 Å².